The molecule has 1 aliphatic rings. The second-order valence-corrected chi connectivity index (χ2v) is 12.2. The zero-order chi connectivity index (χ0) is 32.8. The van der Waals surface area contributed by atoms with E-state index in [1.165, 1.54) is 36.0 Å². The summed E-state index contributed by atoms with van der Waals surface area (Å²) in [5.41, 5.74) is 4.63. The number of anilines is 3. The van der Waals surface area contributed by atoms with Gasteiger partial charge in [0.1, 0.15) is 11.5 Å². The molecule has 0 aromatic heterocycles. The summed E-state index contributed by atoms with van der Waals surface area (Å²) in [4.78, 5) is 42.7. The molecule has 0 atom stereocenters. The van der Waals surface area contributed by atoms with E-state index in [0.717, 1.165) is 40.2 Å². The van der Waals surface area contributed by atoms with E-state index in [1.807, 2.05) is 41.3 Å². The third kappa shape index (κ3) is 7.46. The lowest BCUT2D eigenvalue weighted by Crippen LogP contribution is -2.30. The Morgan fingerprint density at radius 2 is 1.38 bits per heavy atom. The fourth-order valence-electron chi connectivity index (χ4n) is 5.33. The van der Waals surface area contributed by atoms with Crippen LogP contribution in [0.5, 0.6) is 0 Å². The summed E-state index contributed by atoms with van der Waals surface area (Å²) in [6.45, 7) is 0. The van der Waals surface area contributed by atoms with Crippen LogP contribution in [0.15, 0.2) is 132 Å². The van der Waals surface area contributed by atoms with E-state index in [4.69, 9.17) is 11.6 Å². The Morgan fingerprint density at radius 1 is 0.766 bits per heavy atom. The van der Waals surface area contributed by atoms with Crippen LogP contribution in [0.4, 0.5) is 21.5 Å². The lowest BCUT2D eigenvalue weighted by Gasteiger charge is -2.25. The third-order valence-electron chi connectivity index (χ3n) is 7.67. The molecule has 1 heterocycles. The van der Waals surface area contributed by atoms with E-state index in [9.17, 15) is 18.8 Å². The first-order chi connectivity index (χ1) is 22.9. The second kappa shape index (κ2) is 14.5. The zero-order valence-electron chi connectivity index (χ0n) is 25.1. The van der Waals surface area contributed by atoms with Crippen molar-refractivity contribution in [2.45, 2.75) is 17.7 Å². The van der Waals surface area contributed by atoms with Gasteiger partial charge in [0.05, 0.1) is 22.2 Å². The van der Waals surface area contributed by atoms with Crippen LogP contribution in [-0.4, -0.2) is 23.5 Å². The molecule has 0 saturated carbocycles. The molecule has 6 nitrogen and oxygen atoms in total. The van der Waals surface area contributed by atoms with Gasteiger partial charge in [-0.3, -0.25) is 19.3 Å². The molecule has 0 aliphatic carbocycles. The molecular weight excluding hydrogens is 633 g/mol. The lowest BCUT2D eigenvalue weighted by molar-refractivity contribution is -0.115. The number of hydrogen-bond donors (Lipinski definition) is 2. The summed E-state index contributed by atoms with van der Waals surface area (Å²) < 4.78 is 14.6. The molecule has 2 N–H and O–H groups in total. The maximum atomic E-state index is 14.6. The highest BCUT2D eigenvalue weighted by Crippen LogP contribution is 2.37. The Morgan fingerprint density at radius 3 is 2.02 bits per heavy atom. The average Bonchev–Trinajstić information content (AvgIpc) is 3.26. The van der Waals surface area contributed by atoms with Gasteiger partial charge in [0.15, 0.2) is 0 Å². The molecule has 3 amide bonds. The predicted molar refractivity (Wildman–Crippen MR) is 187 cm³/mol. The molecule has 5 aromatic carbocycles. The summed E-state index contributed by atoms with van der Waals surface area (Å²) in [5.74, 6) is -1.67. The Kier molecular flexibility index (Phi) is 9.80. The van der Waals surface area contributed by atoms with E-state index in [-0.39, 0.29) is 27.9 Å². The second-order valence-electron chi connectivity index (χ2n) is 10.8. The van der Waals surface area contributed by atoms with Gasteiger partial charge in [-0.25, -0.2) is 4.39 Å². The molecule has 5 aromatic rings. The quantitative estimate of drug-likeness (QED) is 0.129. The van der Waals surface area contributed by atoms with Crippen LogP contribution in [0.2, 0.25) is 5.02 Å². The normalized spacial score (nSPS) is 12.4. The minimum atomic E-state index is -0.664. The first kappa shape index (κ1) is 31.8. The Balaban J connectivity index is 1.17. The van der Waals surface area contributed by atoms with Crippen molar-refractivity contribution in [3.8, 4) is 0 Å². The standard InChI is InChI=1S/C38H29ClFN3O3S/c39-31-13-8-14-32(40)30(31)23-33(42-37(45)27-11-2-1-3-12-27)38(46)41-28-19-21-29(22-20-28)47-24-36(44)43-34-15-6-4-9-25(34)17-18-26-10-5-7-16-35(26)43/h1-16,19-23H,17-18,24H2,(H,41,46)(H,42,45)/b33-23-. The Labute approximate surface area is 281 Å². The highest BCUT2D eigenvalue weighted by molar-refractivity contribution is 8.00. The summed E-state index contributed by atoms with van der Waals surface area (Å²) in [6.07, 6.45) is 2.93. The van der Waals surface area contributed by atoms with Crippen LogP contribution in [0.3, 0.4) is 0 Å². The van der Waals surface area contributed by atoms with Crippen LogP contribution >= 0.6 is 23.4 Å². The van der Waals surface area contributed by atoms with Crippen LogP contribution in [0.25, 0.3) is 6.08 Å². The number of aryl methyl sites for hydroxylation is 2. The van der Waals surface area contributed by atoms with Gasteiger partial charge in [0.25, 0.3) is 11.8 Å². The van der Waals surface area contributed by atoms with Crippen LogP contribution in [-0.2, 0) is 22.4 Å². The van der Waals surface area contributed by atoms with Gasteiger partial charge in [-0.2, -0.15) is 0 Å². The molecule has 47 heavy (non-hydrogen) atoms. The van der Waals surface area contributed by atoms with Gasteiger partial charge in [0, 0.05) is 21.7 Å². The number of fused-ring (bicyclic) bond motifs is 2. The molecule has 0 saturated heterocycles. The number of rotatable bonds is 8. The minimum absolute atomic E-state index is 0.0289. The Bertz CT molecular complexity index is 1910. The highest BCUT2D eigenvalue weighted by atomic mass is 35.5. The molecule has 6 rings (SSSR count). The largest absolute Gasteiger partial charge is 0.321 e. The van der Waals surface area contributed by atoms with E-state index in [0.29, 0.717) is 11.3 Å². The van der Waals surface area contributed by atoms with Crippen molar-refractivity contribution >= 4 is 64.2 Å². The summed E-state index contributed by atoms with van der Waals surface area (Å²) in [5, 5.41) is 5.44. The first-order valence-electron chi connectivity index (χ1n) is 14.9. The van der Waals surface area contributed by atoms with Crippen LogP contribution in [0, 0.1) is 5.82 Å². The molecule has 0 bridgehead atoms. The van der Waals surface area contributed by atoms with Crippen LogP contribution in [0.1, 0.15) is 27.0 Å². The van der Waals surface area contributed by atoms with Crippen molar-refractivity contribution in [1.82, 2.24) is 5.32 Å². The number of para-hydroxylation sites is 2. The topological polar surface area (TPSA) is 78.5 Å². The van der Waals surface area contributed by atoms with E-state index in [2.05, 4.69) is 22.8 Å². The van der Waals surface area contributed by atoms with E-state index in [1.54, 1.807) is 54.6 Å². The number of nitrogens with one attached hydrogen (secondary N) is 2. The zero-order valence-corrected chi connectivity index (χ0v) is 26.7. The van der Waals surface area contributed by atoms with Gasteiger partial charge in [0.2, 0.25) is 5.91 Å². The van der Waals surface area contributed by atoms with Gasteiger partial charge in [-0.1, -0.05) is 72.3 Å². The van der Waals surface area contributed by atoms with Gasteiger partial charge < -0.3 is 10.6 Å². The van der Waals surface area contributed by atoms with Crippen molar-refractivity contribution in [2.24, 2.45) is 0 Å². The summed E-state index contributed by atoms with van der Waals surface area (Å²) in [6, 6.07) is 35.6. The third-order valence-corrected chi connectivity index (χ3v) is 9.00. The number of halogens is 2. The Hall–Kier alpha value is -5.18. The number of thioether (sulfide) groups is 1. The highest BCUT2D eigenvalue weighted by Gasteiger charge is 2.25. The molecule has 0 fully saturated rings. The summed E-state index contributed by atoms with van der Waals surface area (Å²) >= 11 is 7.61. The maximum absolute atomic E-state index is 14.6. The van der Waals surface area contributed by atoms with Crippen molar-refractivity contribution in [2.75, 3.05) is 16.0 Å². The fourth-order valence-corrected chi connectivity index (χ4v) is 6.29. The number of hydrogen-bond acceptors (Lipinski definition) is 4. The van der Waals surface area contributed by atoms with E-state index < -0.39 is 17.6 Å². The monoisotopic (exact) mass is 661 g/mol. The number of amides is 3. The molecule has 0 radical (unpaired) electrons. The SMILES string of the molecule is O=C(Nc1ccc(SCC(=O)N2c3ccccc3CCc3ccccc32)cc1)/C(=C/c1c(F)cccc1Cl)NC(=O)c1ccccc1. The average molecular weight is 662 g/mol. The number of nitrogens with zero attached hydrogens (tertiary/aromatic N) is 1. The molecule has 1 aliphatic heterocycles. The fraction of sp³-hybridized carbons (Fsp3) is 0.0789. The van der Waals surface area contributed by atoms with Gasteiger partial charge in [-0.15, -0.1) is 11.8 Å². The van der Waals surface area contributed by atoms with Crippen molar-refractivity contribution in [3.63, 3.8) is 0 Å². The number of carbonyl (C=O) groups excluding carboxylic acids is 3. The number of carbonyl (C=O) groups is 3. The number of benzene rings is 5. The van der Waals surface area contributed by atoms with Gasteiger partial charge in [-0.05, 0) is 90.7 Å². The molecular formula is C38H29ClFN3O3S. The maximum Gasteiger partial charge on any atom is 0.272 e. The molecule has 9 heteroatoms. The molecule has 0 spiro atoms. The predicted octanol–water partition coefficient (Wildman–Crippen LogP) is 8.44. The molecule has 234 valence electrons. The van der Waals surface area contributed by atoms with Crippen molar-refractivity contribution in [1.29, 1.82) is 0 Å². The van der Waals surface area contributed by atoms with Gasteiger partial charge >= 0.3 is 0 Å². The van der Waals surface area contributed by atoms with Crippen molar-refractivity contribution in [3.05, 3.63) is 160 Å². The van der Waals surface area contributed by atoms with Crippen molar-refractivity contribution < 1.29 is 18.8 Å². The molecule has 0 unspecified atom stereocenters. The first-order valence-corrected chi connectivity index (χ1v) is 16.3. The van der Waals surface area contributed by atoms with E-state index >= 15 is 0 Å². The van der Waals surface area contributed by atoms with Crippen LogP contribution < -0.4 is 15.5 Å². The smallest absolute Gasteiger partial charge is 0.272 e. The lowest BCUT2D eigenvalue weighted by atomic mass is 10.0. The minimum Gasteiger partial charge on any atom is -0.321 e. The summed E-state index contributed by atoms with van der Waals surface area (Å²) in [7, 11) is 0.